The Balaban J connectivity index is 1.29. The number of furan rings is 1. The predicted molar refractivity (Wildman–Crippen MR) is 90.3 cm³/mol. The van der Waals surface area contributed by atoms with Crippen molar-refractivity contribution < 1.29 is 13.7 Å². The molecule has 0 unspecified atom stereocenters. The number of hydrogen-bond donors (Lipinski definition) is 0. The van der Waals surface area contributed by atoms with Gasteiger partial charge in [0, 0.05) is 12.1 Å². The Hall–Kier alpha value is -1.76. The Bertz CT molecular complexity index is 675. The number of hydrogen-bond acceptors (Lipinski definition) is 6. The van der Waals surface area contributed by atoms with E-state index < -0.39 is 0 Å². The van der Waals surface area contributed by atoms with Crippen molar-refractivity contribution >= 4 is 17.7 Å². The molecule has 0 spiro atoms. The molecule has 0 N–H and O–H groups in total. The molecule has 2 aliphatic carbocycles. The molecule has 2 aromatic heterocycles. The monoisotopic (exact) mass is 347 g/mol. The van der Waals surface area contributed by atoms with Crippen molar-refractivity contribution in [3.05, 3.63) is 24.3 Å². The Morgan fingerprint density at radius 1 is 1.25 bits per heavy atom. The second kappa shape index (κ2) is 7.01. The van der Waals surface area contributed by atoms with E-state index in [9.17, 15) is 4.79 Å². The number of carbonyl (C=O) groups excluding carboxylic acids is 1. The van der Waals surface area contributed by atoms with Gasteiger partial charge in [-0.05, 0) is 37.8 Å². The van der Waals surface area contributed by atoms with Gasteiger partial charge in [0.1, 0.15) is 0 Å². The molecule has 0 radical (unpaired) electrons. The number of thioether (sulfide) groups is 1. The van der Waals surface area contributed by atoms with E-state index in [1.165, 1.54) is 50.3 Å². The van der Waals surface area contributed by atoms with Gasteiger partial charge in [0.05, 0.1) is 17.8 Å². The topological polar surface area (TPSA) is 72.4 Å². The summed E-state index contributed by atoms with van der Waals surface area (Å²) in [6.45, 7) is 0. The van der Waals surface area contributed by atoms with Gasteiger partial charge >= 0.3 is 0 Å². The second-order valence-electron chi connectivity index (χ2n) is 6.45. The van der Waals surface area contributed by atoms with Crippen LogP contribution in [0.15, 0.2) is 27.3 Å². The second-order valence-corrected chi connectivity index (χ2v) is 7.44. The summed E-state index contributed by atoms with van der Waals surface area (Å²) in [6, 6.07) is 4.55. The normalized spacial score (nSPS) is 18.2. The van der Waals surface area contributed by atoms with Gasteiger partial charge in [0.15, 0.2) is 5.76 Å². The van der Waals surface area contributed by atoms with E-state index in [-0.39, 0.29) is 5.91 Å². The minimum atomic E-state index is 0.264. The van der Waals surface area contributed by atoms with Gasteiger partial charge in [-0.25, -0.2) is 0 Å². The molecule has 2 aromatic rings. The van der Waals surface area contributed by atoms with Gasteiger partial charge in [0.2, 0.25) is 17.6 Å². The third-order valence-corrected chi connectivity index (χ3v) is 5.51. The lowest BCUT2D eigenvalue weighted by Gasteiger charge is -2.29. The Kier molecular flexibility index (Phi) is 4.60. The first-order valence-corrected chi connectivity index (χ1v) is 9.72. The highest BCUT2D eigenvalue weighted by Gasteiger charge is 2.37. The summed E-state index contributed by atoms with van der Waals surface area (Å²) in [6.07, 6.45) is 8.77. The fourth-order valence-electron chi connectivity index (χ4n) is 3.36. The summed E-state index contributed by atoms with van der Waals surface area (Å²) < 4.78 is 10.5. The maximum absolute atomic E-state index is 12.6. The van der Waals surface area contributed by atoms with E-state index in [1.807, 2.05) is 0 Å². The van der Waals surface area contributed by atoms with Crippen LogP contribution >= 0.6 is 11.8 Å². The van der Waals surface area contributed by atoms with Crippen LogP contribution in [0.3, 0.4) is 0 Å². The zero-order valence-electron chi connectivity index (χ0n) is 13.5. The molecule has 6 nitrogen and oxygen atoms in total. The van der Waals surface area contributed by atoms with Crippen LogP contribution in [0.5, 0.6) is 0 Å². The van der Waals surface area contributed by atoms with Crippen LogP contribution in [0.4, 0.5) is 0 Å². The molecule has 0 atom stereocenters. The minimum Gasteiger partial charge on any atom is -0.461 e. The van der Waals surface area contributed by atoms with E-state index in [0.29, 0.717) is 41.1 Å². The molecular weight excluding hydrogens is 326 g/mol. The smallest absolute Gasteiger partial charge is 0.238 e. The fraction of sp³-hybridized carbons (Fsp3) is 0.588. The lowest BCUT2D eigenvalue weighted by molar-refractivity contribution is -0.131. The highest BCUT2D eigenvalue weighted by Crippen LogP contribution is 2.35. The van der Waals surface area contributed by atoms with Gasteiger partial charge in [0.25, 0.3) is 0 Å². The lowest BCUT2D eigenvalue weighted by atomic mass is 10.2. The first kappa shape index (κ1) is 15.7. The van der Waals surface area contributed by atoms with Gasteiger partial charge in [-0.15, -0.1) is 11.8 Å². The largest absolute Gasteiger partial charge is 0.461 e. The lowest BCUT2D eigenvalue weighted by Crippen LogP contribution is -2.41. The Morgan fingerprint density at radius 2 is 2.04 bits per heavy atom. The summed E-state index contributed by atoms with van der Waals surface area (Å²) >= 11 is 1.54. The average Bonchev–Trinajstić information content (AvgIpc) is 3.06. The molecule has 2 heterocycles. The number of nitrogens with zero attached hydrogens (tertiary/aromatic N) is 3. The van der Waals surface area contributed by atoms with Crippen LogP contribution < -0.4 is 0 Å². The van der Waals surface area contributed by atoms with E-state index in [1.54, 1.807) is 18.4 Å². The number of aromatic nitrogens is 2. The zero-order valence-corrected chi connectivity index (χ0v) is 14.3. The summed E-state index contributed by atoms with van der Waals surface area (Å²) in [5, 5.41) is 3.90. The van der Waals surface area contributed by atoms with E-state index in [4.69, 9.17) is 8.94 Å². The highest BCUT2D eigenvalue weighted by atomic mass is 32.2. The third kappa shape index (κ3) is 3.50. The first-order chi connectivity index (χ1) is 11.8. The highest BCUT2D eigenvalue weighted by molar-refractivity contribution is 7.99. The molecule has 7 heteroatoms. The Labute approximate surface area is 145 Å². The first-order valence-electron chi connectivity index (χ1n) is 8.56. The molecule has 2 saturated carbocycles. The molecule has 0 bridgehead atoms. The average molecular weight is 347 g/mol. The molecule has 0 aliphatic heterocycles. The van der Waals surface area contributed by atoms with Gasteiger partial charge in [-0.3, -0.25) is 4.79 Å². The van der Waals surface area contributed by atoms with Crippen molar-refractivity contribution in [2.45, 2.75) is 56.4 Å². The van der Waals surface area contributed by atoms with Crippen molar-refractivity contribution in [1.82, 2.24) is 15.0 Å². The third-order valence-electron chi connectivity index (χ3n) is 4.61. The molecule has 0 saturated heterocycles. The van der Waals surface area contributed by atoms with Crippen molar-refractivity contribution in [3.8, 4) is 11.6 Å². The zero-order chi connectivity index (χ0) is 16.4. The summed E-state index contributed by atoms with van der Waals surface area (Å²) in [5.41, 5.74) is 0. The molecule has 0 aromatic carbocycles. The van der Waals surface area contributed by atoms with Gasteiger partial charge in [-0.2, -0.15) is 4.98 Å². The van der Waals surface area contributed by atoms with Gasteiger partial charge in [-0.1, -0.05) is 18.0 Å². The molecule has 24 heavy (non-hydrogen) atoms. The number of amides is 1. The molecule has 4 rings (SSSR count). The van der Waals surface area contributed by atoms with Crippen molar-refractivity contribution in [1.29, 1.82) is 0 Å². The summed E-state index contributed by atoms with van der Waals surface area (Å²) in [5.74, 6) is 2.85. The Morgan fingerprint density at radius 3 is 2.75 bits per heavy atom. The van der Waals surface area contributed by atoms with Crippen molar-refractivity contribution in [2.24, 2.45) is 0 Å². The van der Waals surface area contributed by atoms with Crippen LogP contribution in [0.2, 0.25) is 0 Å². The van der Waals surface area contributed by atoms with E-state index in [2.05, 4.69) is 15.0 Å². The standard InChI is InChI=1S/C17H21N3O3S/c21-16(20(13-7-8-13)12-4-1-2-5-12)11-24-10-15-18-17(19-23-15)14-6-3-9-22-14/h3,6,9,12-13H,1-2,4-5,7-8,10-11H2. The molecule has 2 fully saturated rings. The quantitative estimate of drug-likeness (QED) is 0.763. The van der Waals surface area contributed by atoms with Crippen LogP contribution in [0.25, 0.3) is 11.6 Å². The summed E-state index contributed by atoms with van der Waals surface area (Å²) in [7, 11) is 0. The minimum absolute atomic E-state index is 0.264. The number of carbonyl (C=O) groups is 1. The maximum atomic E-state index is 12.6. The fourth-order valence-corrected chi connectivity index (χ4v) is 4.08. The van der Waals surface area contributed by atoms with Crippen LogP contribution in [0.1, 0.15) is 44.4 Å². The summed E-state index contributed by atoms with van der Waals surface area (Å²) in [4.78, 5) is 19.1. The molecule has 128 valence electrons. The SMILES string of the molecule is O=C(CSCc1nc(-c2ccco2)no1)N(C1CCCC1)C1CC1. The van der Waals surface area contributed by atoms with E-state index >= 15 is 0 Å². The van der Waals surface area contributed by atoms with Crippen LogP contribution in [-0.4, -0.2) is 38.8 Å². The van der Waals surface area contributed by atoms with Crippen molar-refractivity contribution in [3.63, 3.8) is 0 Å². The molecule has 2 aliphatic rings. The molecule has 1 amide bonds. The predicted octanol–water partition coefficient (Wildman–Crippen LogP) is 3.50. The number of rotatable bonds is 7. The van der Waals surface area contributed by atoms with Gasteiger partial charge < -0.3 is 13.8 Å². The van der Waals surface area contributed by atoms with Crippen LogP contribution in [-0.2, 0) is 10.5 Å². The van der Waals surface area contributed by atoms with Crippen molar-refractivity contribution in [2.75, 3.05) is 5.75 Å². The van der Waals surface area contributed by atoms with Crippen LogP contribution in [0, 0.1) is 0 Å². The van der Waals surface area contributed by atoms with E-state index in [0.717, 1.165) is 0 Å². The maximum Gasteiger partial charge on any atom is 0.238 e. The molecular formula is C17H21N3O3S.